The van der Waals surface area contributed by atoms with E-state index < -0.39 is 0 Å². The van der Waals surface area contributed by atoms with Crippen LogP contribution in [-0.4, -0.2) is 54.6 Å². The zero-order valence-corrected chi connectivity index (χ0v) is 12.2. The summed E-state index contributed by atoms with van der Waals surface area (Å²) < 4.78 is 5.05. The largest absolute Gasteiger partial charge is 0.464 e. The van der Waals surface area contributed by atoms with E-state index in [1.165, 1.54) is 5.56 Å². The molecule has 2 saturated heterocycles. The summed E-state index contributed by atoms with van der Waals surface area (Å²) >= 11 is 6.01. The number of piperazine rings is 1. The van der Waals surface area contributed by atoms with Gasteiger partial charge >= 0.3 is 5.97 Å². The van der Waals surface area contributed by atoms with Gasteiger partial charge in [-0.15, -0.1) is 0 Å². The predicted octanol–water partition coefficient (Wildman–Crippen LogP) is 1.77. The number of carbonyl (C=O) groups excluding carboxylic acids is 1. The molecular formula is C15H19ClN2O2. The molecule has 0 spiro atoms. The van der Waals surface area contributed by atoms with Gasteiger partial charge in [0.1, 0.15) is 6.04 Å². The van der Waals surface area contributed by atoms with Crippen molar-refractivity contribution in [1.29, 1.82) is 0 Å². The zero-order valence-electron chi connectivity index (χ0n) is 11.4. The van der Waals surface area contributed by atoms with E-state index >= 15 is 0 Å². The molecule has 2 heterocycles. The topological polar surface area (TPSA) is 32.8 Å². The molecule has 108 valence electrons. The maximum absolute atomic E-state index is 11.6. The lowest BCUT2D eigenvalue weighted by atomic mass is 10.1. The van der Waals surface area contributed by atoms with Gasteiger partial charge in [0.15, 0.2) is 0 Å². The highest BCUT2D eigenvalue weighted by Gasteiger charge is 2.33. The van der Waals surface area contributed by atoms with Gasteiger partial charge in [0.2, 0.25) is 0 Å². The van der Waals surface area contributed by atoms with E-state index in [-0.39, 0.29) is 12.0 Å². The zero-order chi connectivity index (χ0) is 13.9. The summed E-state index contributed by atoms with van der Waals surface area (Å²) in [5.41, 5.74) is 1.24. The van der Waals surface area contributed by atoms with Gasteiger partial charge in [0, 0.05) is 44.2 Å². The van der Waals surface area contributed by atoms with Crippen molar-refractivity contribution in [3.63, 3.8) is 0 Å². The molecule has 1 atom stereocenters. The van der Waals surface area contributed by atoms with Crippen LogP contribution in [0.25, 0.3) is 0 Å². The van der Waals surface area contributed by atoms with Gasteiger partial charge in [-0.05, 0) is 17.7 Å². The van der Waals surface area contributed by atoms with Crippen LogP contribution in [0.4, 0.5) is 0 Å². The molecule has 0 aliphatic carbocycles. The number of ether oxygens (including phenoxy) is 1. The minimum absolute atomic E-state index is 0.0108. The summed E-state index contributed by atoms with van der Waals surface area (Å²) in [4.78, 5) is 16.3. The highest BCUT2D eigenvalue weighted by Crippen LogP contribution is 2.18. The maximum Gasteiger partial charge on any atom is 0.323 e. The molecule has 0 aromatic heterocycles. The van der Waals surface area contributed by atoms with Gasteiger partial charge in [-0.1, -0.05) is 23.7 Å². The van der Waals surface area contributed by atoms with Crippen molar-refractivity contribution in [3.8, 4) is 0 Å². The fourth-order valence-electron chi connectivity index (χ4n) is 2.94. The van der Waals surface area contributed by atoms with Crippen LogP contribution in [0.1, 0.15) is 12.0 Å². The summed E-state index contributed by atoms with van der Waals surface area (Å²) in [7, 11) is 0. The van der Waals surface area contributed by atoms with E-state index in [0.29, 0.717) is 6.61 Å². The Labute approximate surface area is 124 Å². The number of carbonyl (C=O) groups is 1. The second-order valence-corrected chi connectivity index (χ2v) is 5.85. The monoisotopic (exact) mass is 294 g/mol. The molecule has 20 heavy (non-hydrogen) atoms. The SMILES string of the molecule is O=C1OCCC1N1CCN(Cc2cccc(Cl)c2)CC1. The van der Waals surface area contributed by atoms with Crippen LogP contribution in [0, 0.1) is 0 Å². The Morgan fingerprint density at radius 3 is 2.70 bits per heavy atom. The molecule has 0 amide bonds. The number of rotatable bonds is 3. The number of hydrogen-bond donors (Lipinski definition) is 0. The lowest BCUT2D eigenvalue weighted by Gasteiger charge is -2.36. The van der Waals surface area contributed by atoms with Crippen molar-refractivity contribution in [3.05, 3.63) is 34.9 Å². The van der Waals surface area contributed by atoms with Gasteiger partial charge in [-0.2, -0.15) is 0 Å². The van der Waals surface area contributed by atoms with Gasteiger partial charge < -0.3 is 4.74 Å². The third-order valence-corrected chi connectivity index (χ3v) is 4.29. The fraction of sp³-hybridized carbons (Fsp3) is 0.533. The molecule has 4 nitrogen and oxygen atoms in total. The standard InChI is InChI=1S/C15H19ClN2O2/c16-13-3-1-2-12(10-13)11-17-5-7-18(8-6-17)14-4-9-20-15(14)19/h1-3,10,14H,4-9,11H2. The van der Waals surface area contributed by atoms with E-state index in [1.807, 2.05) is 18.2 Å². The minimum Gasteiger partial charge on any atom is -0.464 e. The van der Waals surface area contributed by atoms with Gasteiger partial charge in [0.25, 0.3) is 0 Å². The Kier molecular flexibility index (Phi) is 4.24. The van der Waals surface area contributed by atoms with Crippen LogP contribution >= 0.6 is 11.6 Å². The Balaban J connectivity index is 1.52. The third kappa shape index (κ3) is 3.14. The van der Waals surface area contributed by atoms with E-state index in [1.54, 1.807) is 0 Å². The lowest BCUT2D eigenvalue weighted by molar-refractivity contribution is -0.142. The third-order valence-electron chi connectivity index (χ3n) is 4.05. The van der Waals surface area contributed by atoms with Crippen molar-refractivity contribution in [2.75, 3.05) is 32.8 Å². The molecule has 2 aliphatic heterocycles. The van der Waals surface area contributed by atoms with E-state index in [9.17, 15) is 4.79 Å². The lowest BCUT2D eigenvalue weighted by Crippen LogP contribution is -2.51. The number of cyclic esters (lactones) is 1. The van der Waals surface area contributed by atoms with Gasteiger partial charge in [-0.25, -0.2) is 0 Å². The number of hydrogen-bond acceptors (Lipinski definition) is 4. The molecule has 0 N–H and O–H groups in total. The van der Waals surface area contributed by atoms with Crippen LogP contribution in [0.2, 0.25) is 5.02 Å². The molecule has 2 fully saturated rings. The summed E-state index contributed by atoms with van der Waals surface area (Å²) in [5.74, 6) is -0.0479. The first-order chi connectivity index (χ1) is 9.72. The summed E-state index contributed by atoms with van der Waals surface area (Å²) in [6, 6.07) is 8.00. The molecule has 1 unspecified atom stereocenters. The predicted molar refractivity (Wildman–Crippen MR) is 77.7 cm³/mol. The minimum atomic E-state index is -0.0479. The molecule has 0 radical (unpaired) electrons. The van der Waals surface area contributed by atoms with Crippen LogP contribution < -0.4 is 0 Å². The first-order valence-electron chi connectivity index (χ1n) is 7.10. The average molecular weight is 295 g/mol. The highest BCUT2D eigenvalue weighted by molar-refractivity contribution is 6.30. The molecule has 1 aromatic carbocycles. The quantitative estimate of drug-likeness (QED) is 0.796. The summed E-state index contributed by atoms with van der Waals surface area (Å²) in [6.45, 7) is 5.32. The van der Waals surface area contributed by atoms with E-state index in [2.05, 4.69) is 15.9 Å². The van der Waals surface area contributed by atoms with Crippen LogP contribution in [0.3, 0.4) is 0 Å². The fourth-order valence-corrected chi connectivity index (χ4v) is 3.16. The van der Waals surface area contributed by atoms with Crippen molar-refractivity contribution >= 4 is 17.6 Å². The normalized spacial score (nSPS) is 24.9. The summed E-state index contributed by atoms with van der Waals surface area (Å²) in [5, 5.41) is 0.787. The number of nitrogens with zero attached hydrogens (tertiary/aromatic N) is 2. The molecule has 1 aromatic rings. The molecule has 3 rings (SSSR count). The van der Waals surface area contributed by atoms with Crippen LogP contribution in [-0.2, 0) is 16.1 Å². The Morgan fingerprint density at radius 1 is 1.25 bits per heavy atom. The molecule has 5 heteroatoms. The van der Waals surface area contributed by atoms with Crippen LogP contribution in [0.15, 0.2) is 24.3 Å². The van der Waals surface area contributed by atoms with Crippen molar-refractivity contribution in [1.82, 2.24) is 9.80 Å². The second-order valence-electron chi connectivity index (χ2n) is 5.41. The van der Waals surface area contributed by atoms with Crippen molar-refractivity contribution in [2.45, 2.75) is 19.0 Å². The maximum atomic E-state index is 11.6. The van der Waals surface area contributed by atoms with Crippen molar-refractivity contribution < 1.29 is 9.53 Å². The molecule has 0 bridgehead atoms. The van der Waals surface area contributed by atoms with Crippen LogP contribution in [0.5, 0.6) is 0 Å². The number of benzene rings is 1. The first kappa shape index (κ1) is 13.9. The Hall–Kier alpha value is -1.10. The molecule has 0 saturated carbocycles. The molecular weight excluding hydrogens is 276 g/mol. The second kappa shape index (κ2) is 6.12. The van der Waals surface area contributed by atoms with E-state index in [4.69, 9.17) is 16.3 Å². The Bertz CT molecular complexity index is 487. The summed E-state index contributed by atoms with van der Waals surface area (Å²) in [6.07, 6.45) is 0.840. The number of esters is 1. The average Bonchev–Trinajstić information content (AvgIpc) is 2.86. The smallest absolute Gasteiger partial charge is 0.323 e. The first-order valence-corrected chi connectivity index (χ1v) is 7.48. The van der Waals surface area contributed by atoms with Gasteiger partial charge in [-0.3, -0.25) is 14.6 Å². The number of halogens is 1. The molecule has 2 aliphatic rings. The van der Waals surface area contributed by atoms with Gasteiger partial charge in [0.05, 0.1) is 6.61 Å². The van der Waals surface area contributed by atoms with E-state index in [0.717, 1.165) is 44.2 Å². The van der Waals surface area contributed by atoms with Crippen molar-refractivity contribution in [2.24, 2.45) is 0 Å². The highest BCUT2D eigenvalue weighted by atomic mass is 35.5. The Morgan fingerprint density at radius 2 is 2.05 bits per heavy atom.